The van der Waals surface area contributed by atoms with Crippen molar-refractivity contribution in [2.24, 2.45) is 0 Å². The van der Waals surface area contributed by atoms with Crippen LogP contribution in [0.2, 0.25) is 0 Å². The molecule has 0 atom stereocenters. The Labute approximate surface area is 750 Å². The van der Waals surface area contributed by atoms with E-state index in [1.807, 2.05) is 72.8 Å². The topological polar surface area (TPSA) is 804 Å². The fourth-order valence-electron chi connectivity index (χ4n) is 11.4. The number of pyridine rings is 12. The van der Waals surface area contributed by atoms with E-state index in [4.69, 9.17) is 71.5 Å². The van der Waals surface area contributed by atoms with E-state index < -0.39 is 57.2 Å². The van der Waals surface area contributed by atoms with Crippen molar-refractivity contribution in [1.82, 2.24) is 70.4 Å². The van der Waals surface area contributed by atoms with Gasteiger partial charge in [-0.05, 0) is 97.1 Å². The number of hydrogen-bond donors (Lipinski definition) is 4. The SMILES string of the molecule is O.O.O.O.O.O.O.O.O=C(O)CNC(=O)c1ccc(C(=O)NCC(=O)O)cc1.O=[N+]([O-])[O-].O=[N+]([O-])[O-].O=[N+]([O-])[O-].O=[N+]([O-])[O-].[Co+2].[Co+2].c1cnc2c(c1)ccc1cccnc12.c1cnc2c(c1)ccc1cccnc12.c1cnc2c(c1)ccc1cccnc12.c1cnc2c(c1)ccc1cccnc12.c1cnc2c(c1)ccc1cccnc12.c1cnc2c(c1)ccc1cccnc12. The average Bonchev–Trinajstić information content (AvgIpc) is 0.826. The number of amides is 2. The Balaban J connectivity index is 0. The standard InChI is InChI=1S/C12H12N2O6.6C12H8N2.2Co.4NO3.8H2O/c15-9(16)5-13-11(19)7-1-2-8(4-3-7)12(20)14-6-10(17)18;6*1-3-9-5-6-10-4-2-8-14-12(10)11(9)13-7-1;;;4*2-1(3)4;;;;;;;;/h1-4H,5-6H2,(H,13,19)(H,14,20)(H,15,16)(H,17,18);6*1-8H;;;;;;;8*1H2/q;;;;;;;2*+2;4*-1;;;;;;;;. The number of rotatable bonds is 6. The van der Waals surface area contributed by atoms with Gasteiger partial charge in [-0.3, -0.25) is 79.0 Å². The number of carboxylic acids is 2. The Morgan fingerprint density at radius 3 is 0.408 bits per heavy atom. The van der Waals surface area contributed by atoms with Crippen molar-refractivity contribution in [2.75, 3.05) is 13.1 Å². The molecule has 46 heteroatoms. The van der Waals surface area contributed by atoms with Gasteiger partial charge in [-0.15, -0.1) is 0 Å². The van der Waals surface area contributed by atoms with Crippen LogP contribution in [0, 0.1) is 61.3 Å². The molecule has 0 spiro atoms. The molecule has 12 aromatic heterocycles. The second-order valence-electron chi connectivity index (χ2n) is 23.9. The molecule has 44 nitrogen and oxygen atoms in total. The Bertz CT molecular complexity index is 5560. The smallest absolute Gasteiger partial charge is 0.480 e. The quantitative estimate of drug-likeness (QED) is 0.0688. The average molecular weight is 1870 g/mol. The molecule has 676 valence electrons. The second-order valence-corrected chi connectivity index (χ2v) is 23.9. The number of benzene rings is 7. The zero-order chi connectivity index (χ0) is 85.7. The minimum Gasteiger partial charge on any atom is -0.480 e. The maximum absolute atomic E-state index is 11.5. The van der Waals surface area contributed by atoms with Gasteiger partial charge >= 0.3 is 45.5 Å². The zero-order valence-corrected chi connectivity index (χ0v) is 68.8. The molecule has 0 bridgehead atoms. The maximum Gasteiger partial charge on any atom is 2.00 e. The number of nitrogens with zero attached hydrogens (tertiary/aromatic N) is 16. The molecule has 0 aliphatic carbocycles. The largest absolute Gasteiger partial charge is 2.00 e. The molecule has 12 heterocycles. The Morgan fingerprint density at radius 1 is 0.215 bits per heavy atom. The van der Waals surface area contributed by atoms with Crippen LogP contribution in [0.3, 0.4) is 0 Å². The van der Waals surface area contributed by atoms with Gasteiger partial charge in [0.2, 0.25) is 0 Å². The van der Waals surface area contributed by atoms with Crippen LogP contribution >= 0.6 is 0 Å². The van der Waals surface area contributed by atoms with Crippen LogP contribution in [-0.4, -0.2) is 171 Å². The second kappa shape index (κ2) is 58.8. The van der Waals surface area contributed by atoms with Gasteiger partial charge in [0.1, 0.15) is 13.1 Å². The summed E-state index contributed by atoms with van der Waals surface area (Å²) in [4.78, 5) is 129. The van der Waals surface area contributed by atoms with E-state index in [-0.39, 0.29) is 88.5 Å². The summed E-state index contributed by atoms with van der Waals surface area (Å²) in [6.45, 7) is -1.00. The van der Waals surface area contributed by atoms with Crippen LogP contribution in [0.15, 0.2) is 317 Å². The van der Waals surface area contributed by atoms with Crippen molar-refractivity contribution < 1.29 is 127 Å². The molecule has 2 radical (unpaired) electrons. The van der Waals surface area contributed by atoms with E-state index in [1.54, 1.807) is 74.4 Å². The summed E-state index contributed by atoms with van der Waals surface area (Å²) in [6, 6.07) is 78.2. The summed E-state index contributed by atoms with van der Waals surface area (Å²) in [5, 5.41) is 93.8. The predicted molar refractivity (Wildman–Crippen MR) is 479 cm³/mol. The number of aliphatic carboxylic acids is 2. The third kappa shape index (κ3) is 34.5. The molecule has 20 N–H and O–H groups in total. The molecule has 19 aromatic rings. The summed E-state index contributed by atoms with van der Waals surface area (Å²) in [6.07, 6.45) is 21.6. The molecule has 0 unspecified atom stereocenters. The number of carbonyl (C=O) groups is 4. The number of nitrogens with one attached hydrogen (secondary N) is 2. The summed E-state index contributed by atoms with van der Waals surface area (Å²) in [5.41, 5.74) is 12.1. The summed E-state index contributed by atoms with van der Waals surface area (Å²) in [5.74, 6) is -3.49. The predicted octanol–water partition coefficient (Wildman–Crippen LogP) is 8.45. The van der Waals surface area contributed by atoms with Gasteiger partial charge in [0.15, 0.2) is 0 Å². The van der Waals surface area contributed by atoms with Gasteiger partial charge in [-0.1, -0.05) is 146 Å². The van der Waals surface area contributed by atoms with Crippen molar-refractivity contribution >= 4 is 155 Å². The third-order valence-corrected chi connectivity index (χ3v) is 16.3. The summed E-state index contributed by atoms with van der Waals surface area (Å²) < 4.78 is 0. The van der Waals surface area contributed by atoms with Crippen molar-refractivity contribution in [3.05, 3.63) is 389 Å². The van der Waals surface area contributed by atoms with Crippen molar-refractivity contribution in [2.45, 2.75) is 0 Å². The zero-order valence-electron chi connectivity index (χ0n) is 66.7. The van der Waals surface area contributed by atoms with Crippen LogP contribution in [0.4, 0.5) is 0 Å². The van der Waals surface area contributed by atoms with Crippen LogP contribution in [0.25, 0.3) is 131 Å². The fraction of sp³-hybridized carbons (Fsp3) is 0.0238. The number of carboxylic acid groups (broad SMARTS) is 2. The molecule has 0 aliphatic heterocycles. The van der Waals surface area contributed by atoms with Gasteiger partial charge in [-0.25, -0.2) is 0 Å². The third-order valence-electron chi connectivity index (χ3n) is 16.3. The van der Waals surface area contributed by atoms with Crippen LogP contribution in [0.5, 0.6) is 0 Å². The number of fused-ring (bicyclic) bond motifs is 18. The van der Waals surface area contributed by atoms with Gasteiger partial charge in [0, 0.05) is 150 Å². The van der Waals surface area contributed by atoms with Gasteiger partial charge < -0.3 is 126 Å². The number of carbonyl (C=O) groups excluding carboxylic acids is 2. The van der Waals surface area contributed by atoms with E-state index in [0.29, 0.717) is 0 Å². The van der Waals surface area contributed by atoms with E-state index in [2.05, 4.69) is 216 Å². The Morgan fingerprint density at radius 2 is 0.315 bits per heavy atom. The Hall–Kier alpha value is -17.2. The van der Waals surface area contributed by atoms with Crippen molar-refractivity contribution in [3.63, 3.8) is 0 Å². The van der Waals surface area contributed by atoms with Crippen LogP contribution in [-0.2, 0) is 43.1 Å². The molecule has 0 fully saturated rings. The number of hydrogen-bond acceptors (Lipinski definition) is 28. The minimum atomic E-state index is -1.75. The first-order valence-corrected chi connectivity index (χ1v) is 34.9. The monoisotopic (exact) mass is 1870 g/mol. The normalized spacial score (nSPS) is 9.23. The summed E-state index contributed by atoms with van der Waals surface area (Å²) in [7, 11) is 0. The molecule has 130 heavy (non-hydrogen) atoms. The van der Waals surface area contributed by atoms with Gasteiger partial charge in [0.05, 0.1) is 86.5 Å². The minimum absolute atomic E-state index is 0. The molecule has 2 amide bonds. The molecule has 0 saturated heterocycles. The first-order valence-electron chi connectivity index (χ1n) is 34.9. The molecule has 19 rings (SSSR count). The van der Waals surface area contributed by atoms with Crippen molar-refractivity contribution in [3.8, 4) is 0 Å². The molecule has 0 saturated carbocycles. The van der Waals surface area contributed by atoms with E-state index in [9.17, 15) is 19.2 Å². The van der Waals surface area contributed by atoms with Gasteiger partial charge in [0.25, 0.3) is 11.8 Å². The molecule has 7 aromatic carbocycles. The van der Waals surface area contributed by atoms with E-state index >= 15 is 0 Å². The maximum atomic E-state index is 11.5. The molecular weight excluding hydrogens is 1790 g/mol. The van der Waals surface area contributed by atoms with Gasteiger partial charge in [-0.2, -0.15) is 0 Å². The van der Waals surface area contributed by atoms with E-state index in [0.717, 1.165) is 131 Å². The first kappa shape index (κ1) is 115. The number of aromatic nitrogens is 12. The fourth-order valence-corrected chi connectivity index (χ4v) is 11.4. The Kier molecular flexibility index (Phi) is 52.0. The van der Waals surface area contributed by atoms with Crippen LogP contribution in [0.1, 0.15) is 20.7 Å². The summed E-state index contributed by atoms with van der Waals surface area (Å²) >= 11 is 0. The van der Waals surface area contributed by atoms with Crippen molar-refractivity contribution in [1.29, 1.82) is 0 Å². The van der Waals surface area contributed by atoms with Crippen LogP contribution < -0.4 is 10.6 Å². The van der Waals surface area contributed by atoms with E-state index in [1.165, 1.54) is 24.3 Å². The molecule has 0 aliphatic rings. The first-order chi connectivity index (χ1) is 58.0. The molecular formula is C84H76Co2N18O26.